The molecule has 0 radical (unpaired) electrons. The maximum Gasteiger partial charge on any atom is 0.148 e. The Balaban J connectivity index is 2.49. The fourth-order valence-electron chi connectivity index (χ4n) is 3.08. The van der Waals surface area contributed by atoms with E-state index in [-0.39, 0.29) is 0 Å². The molecule has 4 nitrogen and oxygen atoms in total. The second-order valence-corrected chi connectivity index (χ2v) is 5.84. The lowest BCUT2D eigenvalue weighted by Crippen LogP contribution is -2.05. The van der Waals surface area contributed by atoms with Gasteiger partial charge in [0.15, 0.2) is 0 Å². The van der Waals surface area contributed by atoms with E-state index in [1.165, 1.54) is 5.56 Å². The largest absolute Gasteiger partial charge is 0.398 e. The summed E-state index contributed by atoms with van der Waals surface area (Å²) >= 11 is 0. The van der Waals surface area contributed by atoms with Gasteiger partial charge in [0, 0.05) is 28.7 Å². The average molecular weight is 294 g/mol. The van der Waals surface area contributed by atoms with Gasteiger partial charge in [-0.2, -0.15) is 0 Å². The van der Waals surface area contributed by atoms with Crippen LogP contribution >= 0.6 is 0 Å². The first-order valence-corrected chi connectivity index (χ1v) is 7.65. The van der Waals surface area contributed by atoms with Crippen molar-refractivity contribution in [3.05, 3.63) is 46.4 Å². The van der Waals surface area contributed by atoms with Crippen molar-refractivity contribution in [3.63, 3.8) is 0 Å². The van der Waals surface area contributed by atoms with Crippen LogP contribution in [0.2, 0.25) is 0 Å². The van der Waals surface area contributed by atoms with E-state index in [1.807, 2.05) is 12.3 Å². The number of nitrogen functional groups attached to an aromatic ring is 1. The van der Waals surface area contributed by atoms with Crippen molar-refractivity contribution in [1.29, 1.82) is 0 Å². The fraction of sp³-hybridized carbons (Fsp3) is 0.333. The molecule has 22 heavy (non-hydrogen) atoms. The Hall–Kier alpha value is -2.36. The average Bonchev–Trinajstić information content (AvgIpc) is 2.75. The van der Waals surface area contributed by atoms with E-state index in [2.05, 4.69) is 50.2 Å². The normalized spacial score (nSPS) is 11.3. The van der Waals surface area contributed by atoms with Crippen LogP contribution < -0.4 is 5.73 Å². The zero-order valence-electron chi connectivity index (χ0n) is 13.9. The topological polar surface area (TPSA) is 56.7 Å². The predicted molar refractivity (Wildman–Crippen MR) is 91.6 cm³/mol. The lowest BCUT2D eigenvalue weighted by molar-refractivity contribution is 0.938. The van der Waals surface area contributed by atoms with Crippen LogP contribution in [0.5, 0.6) is 0 Å². The lowest BCUT2D eigenvalue weighted by atomic mass is 10.1. The van der Waals surface area contributed by atoms with E-state index in [4.69, 9.17) is 10.7 Å². The third-order valence-electron chi connectivity index (χ3n) is 4.56. The number of rotatable bonds is 2. The highest BCUT2D eigenvalue weighted by molar-refractivity contribution is 5.95. The molecule has 114 valence electrons. The van der Waals surface area contributed by atoms with Crippen LogP contribution in [-0.4, -0.2) is 14.5 Å². The number of aromatic nitrogens is 3. The molecule has 0 fully saturated rings. The highest BCUT2D eigenvalue weighted by Crippen LogP contribution is 2.34. The van der Waals surface area contributed by atoms with Crippen LogP contribution in [-0.2, 0) is 6.42 Å². The quantitative estimate of drug-likeness (QED) is 0.782. The van der Waals surface area contributed by atoms with Crippen LogP contribution in [0.25, 0.3) is 16.9 Å². The van der Waals surface area contributed by atoms with Gasteiger partial charge in [-0.1, -0.05) is 13.0 Å². The van der Waals surface area contributed by atoms with Crippen LogP contribution in [0.4, 0.5) is 5.69 Å². The van der Waals surface area contributed by atoms with Crippen LogP contribution in [0.3, 0.4) is 0 Å². The van der Waals surface area contributed by atoms with Gasteiger partial charge in [0.25, 0.3) is 0 Å². The maximum atomic E-state index is 6.42. The maximum absolute atomic E-state index is 6.42. The zero-order valence-corrected chi connectivity index (χ0v) is 13.9. The van der Waals surface area contributed by atoms with Crippen molar-refractivity contribution in [1.82, 2.24) is 14.5 Å². The number of fused-ring (bicyclic) bond motifs is 1. The molecule has 0 aliphatic heterocycles. The Morgan fingerprint density at radius 1 is 1.14 bits per heavy atom. The molecule has 3 aromatic rings. The number of aryl methyl sites for hydroxylation is 3. The standard InChI is InChI=1S/C18H22N4/c1-6-14-12(4)16(19)15-11(3)13(5)22(18(15)21-14)17-10(2)8-7-9-20-17/h7-9H,6H2,1-5H3,(H2,19,21). The minimum Gasteiger partial charge on any atom is -0.398 e. The molecule has 0 saturated heterocycles. The summed E-state index contributed by atoms with van der Waals surface area (Å²) < 4.78 is 2.13. The van der Waals surface area contributed by atoms with E-state index < -0.39 is 0 Å². The minimum atomic E-state index is 0.842. The van der Waals surface area contributed by atoms with E-state index in [9.17, 15) is 0 Å². The summed E-state index contributed by atoms with van der Waals surface area (Å²) in [6, 6.07) is 4.03. The molecule has 2 N–H and O–H groups in total. The van der Waals surface area contributed by atoms with Crippen LogP contribution in [0, 0.1) is 27.7 Å². The highest BCUT2D eigenvalue weighted by atomic mass is 15.1. The first kappa shape index (κ1) is 14.6. The minimum absolute atomic E-state index is 0.842. The molecule has 0 bridgehead atoms. The number of nitrogens with two attached hydrogens (primary N) is 1. The van der Waals surface area contributed by atoms with Crippen molar-refractivity contribution < 1.29 is 0 Å². The molecule has 3 heterocycles. The molecule has 0 unspecified atom stereocenters. The molecule has 0 atom stereocenters. The number of hydrogen-bond donors (Lipinski definition) is 1. The van der Waals surface area contributed by atoms with Crippen molar-refractivity contribution in [2.24, 2.45) is 0 Å². The number of nitrogens with zero attached hydrogens (tertiary/aromatic N) is 3. The summed E-state index contributed by atoms with van der Waals surface area (Å²) in [7, 11) is 0. The molecule has 3 rings (SSSR count). The third-order valence-corrected chi connectivity index (χ3v) is 4.56. The molecule has 0 amide bonds. The first-order valence-electron chi connectivity index (χ1n) is 7.65. The van der Waals surface area contributed by atoms with Gasteiger partial charge in [-0.15, -0.1) is 0 Å². The lowest BCUT2D eigenvalue weighted by Gasteiger charge is -2.12. The van der Waals surface area contributed by atoms with Gasteiger partial charge >= 0.3 is 0 Å². The molecule has 4 heteroatoms. The van der Waals surface area contributed by atoms with Crippen molar-refractivity contribution in [2.45, 2.75) is 41.0 Å². The van der Waals surface area contributed by atoms with E-state index in [1.54, 1.807) is 0 Å². The Labute approximate surface area is 131 Å². The van der Waals surface area contributed by atoms with Crippen molar-refractivity contribution >= 4 is 16.7 Å². The van der Waals surface area contributed by atoms with Gasteiger partial charge in [0.05, 0.1) is 0 Å². The third kappa shape index (κ3) is 1.90. The van der Waals surface area contributed by atoms with Gasteiger partial charge in [-0.3, -0.25) is 4.57 Å². The van der Waals surface area contributed by atoms with Crippen LogP contribution in [0.1, 0.15) is 35.0 Å². The fourth-order valence-corrected chi connectivity index (χ4v) is 3.08. The second-order valence-electron chi connectivity index (χ2n) is 5.84. The number of anilines is 1. The Morgan fingerprint density at radius 2 is 1.86 bits per heavy atom. The second kappa shape index (κ2) is 5.13. The summed E-state index contributed by atoms with van der Waals surface area (Å²) in [5, 5.41) is 1.05. The molecule has 0 aliphatic rings. The van der Waals surface area contributed by atoms with Crippen molar-refractivity contribution in [3.8, 4) is 5.82 Å². The SMILES string of the molecule is CCc1nc2c(c(C)c(C)n2-c2ncccc2C)c(N)c1C. The molecule has 0 aromatic carbocycles. The molecule has 0 spiro atoms. The smallest absolute Gasteiger partial charge is 0.148 e. The molecule has 0 saturated carbocycles. The van der Waals surface area contributed by atoms with E-state index in [0.29, 0.717) is 0 Å². The summed E-state index contributed by atoms with van der Waals surface area (Å²) in [4.78, 5) is 9.46. The van der Waals surface area contributed by atoms with E-state index >= 15 is 0 Å². The van der Waals surface area contributed by atoms with Crippen molar-refractivity contribution in [2.75, 3.05) is 5.73 Å². The Bertz CT molecular complexity index is 875. The monoisotopic (exact) mass is 294 g/mol. The number of hydrogen-bond acceptors (Lipinski definition) is 3. The molecule has 3 aromatic heterocycles. The molecular weight excluding hydrogens is 272 g/mol. The van der Waals surface area contributed by atoms with Gasteiger partial charge in [0.1, 0.15) is 11.5 Å². The van der Waals surface area contributed by atoms with E-state index in [0.717, 1.165) is 51.5 Å². The first-order chi connectivity index (χ1) is 10.5. The van der Waals surface area contributed by atoms with Crippen LogP contribution in [0.15, 0.2) is 18.3 Å². The predicted octanol–water partition coefficient (Wildman–Crippen LogP) is 3.80. The summed E-state index contributed by atoms with van der Waals surface area (Å²) in [5.41, 5.74) is 13.8. The summed E-state index contributed by atoms with van der Waals surface area (Å²) in [6.07, 6.45) is 2.69. The van der Waals surface area contributed by atoms with Gasteiger partial charge in [0.2, 0.25) is 0 Å². The summed E-state index contributed by atoms with van der Waals surface area (Å²) in [5.74, 6) is 0.927. The zero-order chi connectivity index (χ0) is 16.0. The molecular formula is C18H22N4. The Morgan fingerprint density at radius 3 is 2.50 bits per heavy atom. The number of pyridine rings is 2. The van der Waals surface area contributed by atoms with Gasteiger partial charge in [-0.05, 0) is 56.9 Å². The highest BCUT2D eigenvalue weighted by Gasteiger charge is 2.20. The summed E-state index contributed by atoms with van der Waals surface area (Å²) in [6.45, 7) is 10.4. The van der Waals surface area contributed by atoms with Gasteiger partial charge < -0.3 is 5.73 Å². The molecule has 0 aliphatic carbocycles. The Kier molecular flexibility index (Phi) is 3.39. The van der Waals surface area contributed by atoms with Gasteiger partial charge in [-0.25, -0.2) is 9.97 Å².